The highest BCUT2D eigenvalue weighted by atomic mass is 32.2. The highest BCUT2D eigenvalue weighted by Crippen LogP contribution is 2.35. The molecule has 27 heavy (non-hydrogen) atoms. The molecule has 7 nitrogen and oxygen atoms in total. The maximum absolute atomic E-state index is 12.3. The molecule has 0 saturated heterocycles. The Kier molecular flexibility index (Phi) is 7.89. The van der Waals surface area contributed by atoms with E-state index in [1.54, 1.807) is 0 Å². The predicted octanol–water partition coefficient (Wildman–Crippen LogP) is 2.58. The van der Waals surface area contributed by atoms with E-state index in [0.29, 0.717) is 23.4 Å². The lowest BCUT2D eigenvalue weighted by molar-refractivity contribution is -0.152. The first-order chi connectivity index (χ1) is 12.8. The van der Waals surface area contributed by atoms with Crippen molar-refractivity contribution in [2.75, 3.05) is 12.9 Å². The highest BCUT2D eigenvalue weighted by Gasteiger charge is 2.33. The molecule has 0 unspecified atom stereocenters. The number of hydrogen-bond donors (Lipinski definition) is 1. The molecular formula is C19H28N2O5S. The van der Waals surface area contributed by atoms with E-state index >= 15 is 0 Å². The van der Waals surface area contributed by atoms with Crippen molar-refractivity contribution in [3.05, 3.63) is 22.1 Å². The van der Waals surface area contributed by atoms with Crippen molar-refractivity contribution in [2.45, 2.75) is 57.7 Å². The summed E-state index contributed by atoms with van der Waals surface area (Å²) in [6.07, 6.45) is 3.00. The molecule has 1 N–H and O–H groups in total. The molecule has 8 heteroatoms. The van der Waals surface area contributed by atoms with E-state index in [-0.39, 0.29) is 35.0 Å². The number of nitrogens with one attached hydrogen (secondary N) is 1. The van der Waals surface area contributed by atoms with Gasteiger partial charge in [-0.15, -0.1) is 0 Å². The molecule has 1 heterocycles. The van der Waals surface area contributed by atoms with Crippen LogP contribution in [0.3, 0.4) is 0 Å². The molecule has 0 radical (unpaired) electrons. The van der Waals surface area contributed by atoms with Gasteiger partial charge in [-0.3, -0.25) is 14.4 Å². The quantitative estimate of drug-likeness (QED) is 0.430. The number of carbonyl (C=O) groups is 2. The topological polar surface area (TPSA) is 98.4 Å². The normalized spacial score (nSPS) is 22.5. The van der Waals surface area contributed by atoms with E-state index < -0.39 is 5.97 Å². The van der Waals surface area contributed by atoms with Gasteiger partial charge in [0, 0.05) is 6.07 Å². The fourth-order valence-corrected chi connectivity index (χ4v) is 4.12. The maximum atomic E-state index is 12.3. The van der Waals surface area contributed by atoms with Crippen LogP contribution in [0.1, 0.15) is 45.7 Å². The zero-order valence-electron chi connectivity index (χ0n) is 16.3. The average molecular weight is 397 g/mol. The second kappa shape index (κ2) is 9.92. The molecule has 0 aromatic carbocycles. The number of aromatic amines is 1. The third-order valence-electron chi connectivity index (χ3n) is 4.90. The zero-order chi connectivity index (χ0) is 20.0. The van der Waals surface area contributed by atoms with Crippen LogP contribution >= 0.6 is 11.8 Å². The third kappa shape index (κ3) is 6.68. The van der Waals surface area contributed by atoms with Crippen molar-refractivity contribution in [1.82, 2.24) is 9.97 Å². The number of thioether (sulfide) groups is 1. The van der Waals surface area contributed by atoms with Crippen molar-refractivity contribution in [3.63, 3.8) is 0 Å². The lowest BCUT2D eigenvalue weighted by Gasteiger charge is -2.36. The minimum atomic E-state index is -0.477. The van der Waals surface area contributed by atoms with E-state index in [0.717, 1.165) is 24.6 Å². The van der Waals surface area contributed by atoms with Gasteiger partial charge in [-0.2, -0.15) is 0 Å². The lowest BCUT2D eigenvalue weighted by atomic mass is 9.75. The van der Waals surface area contributed by atoms with Crippen molar-refractivity contribution in [2.24, 2.45) is 17.8 Å². The van der Waals surface area contributed by atoms with Gasteiger partial charge in [-0.25, -0.2) is 4.98 Å². The largest absolute Gasteiger partial charge is 0.469 e. The molecule has 3 atom stereocenters. The molecule has 0 amide bonds. The Bertz CT molecular complexity index is 718. The molecule has 0 spiro atoms. The standard InChI is InChI=1S/C19H28N2O5S/c1-11(2)14-6-5-12(3)7-15(14)26-18(24)10-27-19-20-13(8-16(22)21-19)9-17(23)25-4/h8,11-12,14-15H,5-7,9-10H2,1-4H3,(H,20,21,22)/t12-,14-,15-/m1/s1. The maximum Gasteiger partial charge on any atom is 0.316 e. The molecule has 1 aliphatic carbocycles. The van der Waals surface area contributed by atoms with Crippen LogP contribution in [0.25, 0.3) is 0 Å². The van der Waals surface area contributed by atoms with Gasteiger partial charge in [-0.1, -0.05) is 39.0 Å². The Morgan fingerprint density at radius 2 is 2.07 bits per heavy atom. The van der Waals surface area contributed by atoms with Gasteiger partial charge in [0.05, 0.1) is 25.0 Å². The highest BCUT2D eigenvalue weighted by molar-refractivity contribution is 7.99. The molecular weight excluding hydrogens is 368 g/mol. The third-order valence-corrected chi connectivity index (χ3v) is 5.74. The number of rotatable bonds is 7. The summed E-state index contributed by atoms with van der Waals surface area (Å²) in [5.74, 6) is 0.673. The minimum Gasteiger partial charge on any atom is -0.469 e. The number of methoxy groups -OCH3 is 1. The Morgan fingerprint density at radius 3 is 2.74 bits per heavy atom. The Hall–Kier alpha value is -1.83. The number of nitrogens with zero attached hydrogens (tertiary/aromatic N) is 1. The van der Waals surface area contributed by atoms with Gasteiger partial charge in [0.15, 0.2) is 5.16 Å². The SMILES string of the molecule is COC(=O)Cc1cc(=O)[nH]c(SCC(=O)O[C@@H]2C[C@H](C)CC[C@@H]2C(C)C)n1. The summed E-state index contributed by atoms with van der Waals surface area (Å²) in [7, 11) is 1.28. The summed E-state index contributed by atoms with van der Waals surface area (Å²) in [5, 5.41) is 0.288. The summed E-state index contributed by atoms with van der Waals surface area (Å²) < 4.78 is 10.3. The van der Waals surface area contributed by atoms with Gasteiger partial charge in [0.25, 0.3) is 5.56 Å². The second-order valence-electron chi connectivity index (χ2n) is 7.44. The molecule has 1 aliphatic rings. The smallest absolute Gasteiger partial charge is 0.316 e. The first kappa shape index (κ1) is 21.5. The molecule has 1 aromatic heterocycles. The summed E-state index contributed by atoms with van der Waals surface area (Å²) >= 11 is 1.10. The Morgan fingerprint density at radius 1 is 1.33 bits per heavy atom. The Labute approximate surface area is 163 Å². The first-order valence-corrected chi connectivity index (χ1v) is 10.3. The predicted molar refractivity (Wildman–Crippen MR) is 103 cm³/mol. The van der Waals surface area contributed by atoms with Crippen LogP contribution in [0, 0.1) is 17.8 Å². The Balaban J connectivity index is 1.94. The van der Waals surface area contributed by atoms with Crippen molar-refractivity contribution in [3.8, 4) is 0 Å². The van der Waals surface area contributed by atoms with Crippen LogP contribution < -0.4 is 5.56 Å². The van der Waals surface area contributed by atoms with Crippen LogP contribution in [0.2, 0.25) is 0 Å². The fraction of sp³-hybridized carbons (Fsp3) is 0.684. The monoisotopic (exact) mass is 396 g/mol. The van der Waals surface area contributed by atoms with Gasteiger partial charge in [0.2, 0.25) is 0 Å². The molecule has 1 fully saturated rings. The van der Waals surface area contributed by atoms with E-state index in [4.69, 9.17) is 4.74 Å². The number of aromatic nitrogens is 2. The summed E-state index contributed by atoms with van der Waals surface area (Å²) in [6, 6.07) is 1.25. The number of H-pyrrole nitrogens is 1. The van der Waals surface area contributed by atoms with E-state index in [1.165, 1.54) is 19.6 Å². The molecule has 150 valence electrons. The van der Waals surface area contributed by atoms with Crippen LogP contribution in [0.5, 0.6) is 0 Å². The second-order valence-corrected chi connectivity index (χ2v) is 8.40. The molecule has 0 aliphatic heterocycles. The number of hydrogen-bond acceptors (Lipinski definition) is 7. The summed E-state index contributed by atoms with van der Waals surface area (Å²) in [4.78, 5) is 42.1. The molecule has 1 aromatic rings. The zero-order valence-corrected chi connectivity index (χ0v) is 17.1. The fourth-order valence-electron chi connectivity index (χ4n) is 3.44. The van der Waals surface area contributed by atoms with Crippen molar-refractivity contribution >= 4 is 23.7 Å². The van der Waals surface area contributed by atoms with Gasteiger partial charge in [-0.05, 0) is 30.6 Å². The average Bonchev–Trinajstić information content (AvgIpc) is 2.59. The van der Waals surface area contributed by atoms with Gasteiger partial charge < -0.3 is 14.5 Å². The molecule has 2 rings (SSSR count). The van der Waals surface area contributed by atoms with Gasteiger partial charge >= 0.3 is 11.9 Å². The van der Waals surface area contributed by atoms with Crippen LogP contribution in [-0.2, 0) is 25.5 Å². The number of carbonyl (C=O) groups excluding carboxylic acids is 2. The summed E-state index contributed by atoms with van der Waals surface area (Å²) in [5.41, 5.74) is -0.0665. The van der Waals surface area contributed by atoms with Crippen LogP contribution in [0.15, 0.2) is 16.0 Å². The minimum absolute atomic E-state index is 0.0559. The number of ether oxygens (including phenoxy) is 2. The van der Waals surface area contributed by atoms with Crippen molar-refractivity contribution in [1.29, 1.82) is 0 Å². The van der Waals surface area contributed by atoms with Gasteiger partial charge in [0.1, 0.15) is 6.10 Å². The number of esters is 2. The molecule has 0 bridgehead atoms. The van der Waals surface area contributed by atoms with E-state index in [9.17, 15) is 14.4 Å². The first-order valence-electron chi connectivity index (χ1n) is 9.27. The van der Waals surface area contributed by atoms with Crippen LogP contribution in [-0.4, -0.2) is 40.9 Å². The summed E-state index contributed by atoms with van der Waals surface area (Å²) in [6.45, 7) is 6.52. The lowest BCUT2D eigenvalue weighted by Crippen LogP contribution is -2.36. The van der Waals surface area contributed by atoms with E-state index in [2.05, 4.69) is 35.5 Å². The van der Waals surface area contributed by atoms with Crippen LogP contribution in [0.4, 0.5) is 0 Å². The molecule has 1 saturated carbocycles. The van der Waals surface area contributed by atoms with E-state index in [1.807, 2.05) is 0 Å². The van der Waals surface area contributed by atoms with Crippen molar-refractivity contribution < 1.29 is 19.1 Å².